The van der Waals surface area contributed by atoms with Gasteiger partial charge in [0.05, 0.1) is 16.3 Å². The van der Waals surface area contributed by atoms with E-state index in [1.807, 2.05) is 0 Å². The lowest BCUT2D eigenvalue weighted by Gasteiger charge is -2.27. The molecule has 0 aliphatic carbocycles. The number of carbonyl (C=O) groups excluding carboxylic acids is 1. The highest BCUT2D eigenvalue weighted by Crippen LogP contribution is 2.30. The first-order valence-electron chi connectivity index (χ1n) is 9.26. The molecule has 160 valence electrons. The predicted octanol–water partition coefficient (Wildman–Crippen LogP) is 1.56. The van der Waals surface area contributed by atoms with Crippen molar-refractivity contribution in [1.29, 1.82) is 0 Å². The van der Waals surface area contributed by atoms with E-state index in [4.69, 9.17) is 11.6 Å². The van der Waals surface area contributed by atoms with Gasteiger partial charge in [-0.15, -0.1) is 4.40 Å². The minimum atomic E-state index is -3.74. The molecule has 0 unspecified atom stereocenters. The number of halogens is 1. The van der Waals surface area contributed by atoms with Gasteiger partial charge < -0.3 is 10.2 Å². The van der Waals surface area contributed by atoms with Crippen LogP contribution >= 0.6 is 11.6 Å². The van der Waals surface area contributed by atoms with Crippen LogP contribution in [0.2, 0.25) is 5.02 Å². The Morgan fingerprint density at radius 3 is 2.60 bits per heavy atom. The summed E-state index contributed by atoms with van der Waals surface area (Å²) in [5.41, 5.74) is 0.573. The summed E-state index contributed by atoms with van der Waals surface area (Å²) in [5, 5.41) is 2.76. The summed E-state index contributed by atoms with van der Waals surface area (Å²) < 4.78 is 53.9. The zero-order chi connectivity index (χ0) is 21.5. The van der Waals surface area contributed by atoms with Gasteiger partial charge in [-0.05, 0) is 43.2 Å². The Morgan fingerprint density at radius 1 is 1.13 bits per heavy atom. The summed E-state index contributed by atoms with van der Waals surface area (Å²) in [7, 11) is -7.22. The number of amidine groups is 1. The molecule has 0 bridgehead atoms. The smallest absolute Gasteiger partial charge is 0.257 e. The molecule has 3 heterocycles. The number of benzene rings is 1. The molecular weight excluding hydrogens is 452 g/mol. The summed E-state index contributed by atoms with van der Waals surface area (Å²) in [4.78, 5) is 14.2. The average molecular weight is 471 g/mol. The van der Waals surface area contributed by atoms with Crippen molar-refractivity contribution in [2.75, 3.05) is 30.7 Å². The SMILES string of the molecule is O=C(Nc1ccc(Cl)c(S(=O)(=O)N2CCCC2)c1)C1=CN2CCS(=O)(=O)N=C2C=C1. The normalized spacial score (nSPS) is 21.0. The van der Waals surface area contributed by atoms with Crippen molar-refractivity contribution >= 4 is 49.1 Å². The van der Waals surface area contributed by atoms with Crippen molar-refractivity contribution in [1.82, 2.24) is 9.21 Å². The standard InChI is InChI=1S/C18H19ClN4O5S2/c19-15-5-4-14(11-16(15)30(27,28)23-7-1-2-8-23)20-18(24)13-3-6-17-21-29(25,26)10-9-22(17)12-13/h3-6,11-12H,1-2,7-10H2,(H,20,24). The van der Waals surface area contributed by atoms with Crippen molar-refractivity contribution in [3.05, 3.63) is 47.1 Å². The number of amides is 1. The number of hydrogen-bond donors (Lipinski definition) is 1. The lowest BCUT2D eigenvalue weighted by atomic mass is 10.1. The highest BCUT2D eigenvalue weighted by atomic mass is 35.5. The summed E-state index contributed by atoms with van der Waals surface area (Å²) in [5.74, 6) is -0.348. The summed E-state index contributed by atoms with van der Waals surface area (Å²) in [6.45, 7) is 1.09. The zero-order valence-electron chi connectivity index (χ0n) is 15.8. The van der Waals surface area contributed by atoms with E-state index in [1.165, 1.54) is 40.9 Å². The summed E-state index contributed by atoms with van der Waals surface area (Å²) in [6, 6.07) is 4.31. The Balaban J connectivity index is 1.55. The number of anilines is 1. The summed E-state index contributed by atoms with van der Waals surface area (Å²) in [6.07, 6.45) is 6.04. The maximum atomic E-state index is 12.8. The van der Waals surface area contributed by atoms with Gasteiger partial charge in [-0.2, -0.15) is 4.31 Å². The van der Waals surface area contributed by atoms with Crippen LogP contribution in [0.15, 0.2) is 51.4 Å². The molecule has 0 atom stereocenters. The van der Waals surface area contributed by atoms with Gasteiger partial charge in [-0.25, -0.2) is 16.8 Å². The van der Waals surface area contributed by atoms with E-state index in [-0.39, 0.29) is 39.3 Å². The second kappa shape index (κ2) is 7.80. The van der Waals surface area contributed by atoms with Gasteiger partial charge in [0.25, 0.3) is 15.9 Å². The first-order valence-corrected chi connectivity index (χ1v) is 12.7. The monoisotopic (exact) mass is 470 g/mol. The van der Waals surface area contributed by atoms with E-state index < -0.39 is 26.0 Å². The fraction of sp³-hybridized carbons (Fsp3) is 0.333. The second-order valence-corrected chi connectivity index (χ2v) is 11.1. The Bertz CT molecular complexity index is 1200. The maximum Gasteiger partial charge on any atom is 0.257 e. The van der Waals surface area contributed by atoms with Crippen LogP contribution in [0.1, 0.15) is 12.8 Å². The van der Waals surface area contributed by atoms with Crippen LogP contribution < -0.4 is 5.32 Å². The Hall–Kier alpha value is -2.21. The highest BCUT2D eigenvalue weighted by Gasteiger charge is 2.30. The third-order valence-electron chi connectivity index (χ3n) is 4.96. The molecule has 0 spiro atoms. The summed E-state index contributed by atoms with van der Waals surface area (Å²) >= 11 is 6.13. The van der Waals surface area contributed by atoms with Crippen LogP contribution in [0.5, 0.6) is 0 Å². The molecule has 1 amide bonds. The molecule has 12 heteroatoms. The van der Waals surface area contributed by atoms with Crippen LogP contribution in [0, 0.1) is 0 Å². The largest absolute Gasteiger partial charge is 0.330 e. The molecule has 4 rings (SSSR count). The Labute approximate surface area is 179 Å². The third kappa shape index (κ3) is 4.15. The van der Waals surface area contributed by atoms with Crippen LogP contribution in [0.25, 0.3) is 0 Å². The fourth-order valence-corrected chi connectivity index (χ4v) is 6.37. The Morgan fingerprint density at radius 2 is 1.87 bits per heavy atom. The zero-order valence-corrected chi connectivity index (χ0v) is 18.2. The van der Waals surface area contributed by atoms with E-state index in [9.17, 15) is 21.6 Å². The van der Waals surface area contributed by atoms with Gasteiger partial charge in [0.1, 0.15) is 10.7 Å². The maximum absolute atomic E-state index is 12.8. The van der Waals surface area contributed by atoms with E-state index in [0.29, 0.717) is 13.1 Å². The number of sulfonamides is 2. The molecular formula is C18H19ClN4O5S2. The molecule has 9 nitrogen and oxygen atoms in total. The van der Waals surface area contributed by atoms with E-state index in [1.54, 1.807) is 4.90 Å². The molecule has 0 aromatic heterocycles. The average Bonchev–Trinajstić information content (AvgIpc) is 3.24. The molecule has 3 aliphatic heterocycles. The highest BCUT2D eigenvalue weighted by molar-refractivity contribution is 7.90. The number of nitrogens with one attached hydrogen (secondary N) is 1. The van der Waals surface area contributed by atoms with Gasteiger partial charge in [-0.3, -0.25) is 4.79 Å². The molecule has 0 radical (unpaired) electrons. The second-order valence-electron chi connectivity index (χ2n) is 7.06. The lowest BCUT2D eigenvalue weighted by Crippen LogP contribution is -2.37. The molecule has 0 saturated carbocycles. The first-order chi connectivity index (χ1) is 14.2. The molecule has 1 saturated heterocycles. The van der Waals surface area contributed by atoms with Gasteiger partial charge >= 0.3 is 0 Å². The van der Waals surface area contributed by atoms with Crippen LogP contribution in [0.3, 0.4) is 0 Å². The minimum absolute atomic E-state index is 0.0484. The number of rotatable bonds is 4. The van der Waals surface area contributed by atoms with Crippen molar-refractivity contribution in [3.63, 3.8) is 0 Å². The number of nitrogens with zero attached hydrogens (tertiary/aromatic N) is 3. The van der Waals surface area contributed by atoms with Crippen LogP contribution in [0.4, 0.5) is 5.69 Å². The number of hydrogen-bond acceptors (Lipinski definition) is 6. The third-order valence-corrected chi connectivity index (χ3v) is 8.50. The van der Waals surface area contributed by atoms with Crippen LogP contribution in [-0.2, 0) is 24.8 Å². The molecule has 1 N–H and O–H groups in total. The molecule has 30 heavy (non-hydrogen) atoms. The van der Waals surface area contributed by atoms with Gasteiger partial charge in [-0.1, -0.05) is 11.6 Å². The van der Waals surface area contributed by atoms with Crippen molar-refractivity contribution in [3.8, 4) is 0 Å². The van der Waals surface area contributed by atoms with Crippen molar-refractivity contribution in [2.24, 2.45) is 4.40 Å². The molecule has 1 aromatic carbocycles. The van der Waals surface area contributed by atoms with E-state index in [0.717, 1.165) is 12.8 Å². The fourth-order valence-electron chi connectivity index (χ4n) is 3.38. The molecule has 3 aliphatic rings. The topological polar surface area (TPSA) is 116 Å². The molecule has 1 aromatic rings. The predicted molar refractivity (Wildman–Crippen MR) is 113 cm³/mol. The van der Waals surface area contributed by atoms with E-state index >= 15 is 0 Å². The van der Waals surface area contributed by atoms with E-state index in [2.05, 4.69) is 9.71 Å². The number of carbonyl (C=O) groups is 1. The van der Waals surface area contributed by atoms with Crippen LogP contribution in [-0.4, -0.2) is 63.2 Å². The van der Waals surface area contributed by atoms with Crippen molar-refractivity contribution < 1.29 is 21.6 Å². The van der Waals surface area contributed by atoms with Gasteiger partial charge in [0, 0.05) is 31.5 Å². The molecule has 1 fully saturated rings. The van der Waals surface area contributed by atoms with Crippen molar-refractivity contribution in [2.45, 2.75) is 17.7 Å². The van der Waals surface area contributed by atoms with Gasteiger partial charge in [0.2, 0.25) is 10.0 Å². The quantitative estimate of drug-likeness (QED) is 0.713. The van der Waals surface area contributed by atoms with Gasteiger partial charge in [0.15, 0.2) is 0 Å². The minimum Gasteiger partial charge on any atom is -0.330 e. The number of fused-ring (bicyclic) bond motifs is 1. The Kier molecular flexibility index (Phi) is 5.47. The first kappa shape index (κ1) is 21.0. The lowest BCUT2D eigenvalue weighted by molar-refractivity contribution is -0.112.